The standard InChI is InChI=1S/C13H17BrN2O4S/c1-2-16(10-7-20-6-9(10)12(17)18)13(19)15-5-8-3-4-11(14)21-8/h3-4,9-10H,2,5-7H2,1H3,(H,15,19)(H,17,18). The Balaban J connectivity index is 1.96. The second kappa shape index (κ2) is 7.24. The van der Waals surface area contributed by atoms with Crippen LogP contribution in [0.15, 0.2) is 15.9 Å². The van der Waals surface area contributed by atoms with E-state index in [0.717, 1.165) is 8.66 Å². The zero-order valence-corrected chi connectivity index (χ0v) is 13.9. The minimum absolute atomic E-state index is 0.154. The second-order valence-electron chi connectivity index (χ2n) is 4.70. The number of halogens is 1. The van der Waals surface area contributed by atoms with Crippen LogP contribution in [0.2, 0.25) is 0 Å². The zero-order valence-electron chi connectivity index (χ0n) is 11.5. The minimum Gasteiger partial charge on any atom is -0.481 e. The van der Waals surface area contributed by atoms with Gasteiger partial charge in [0.2, 0.25) is 0 Å². The summed E-state index contributed by atoms with van der Waals surface area (Å²) < 4.78 is 6.23. The molecule has 1 fully saturated rings. The van der Waals surface area contributed by atoms with Crippen LogP contribution >= 0.6 is 27.3 Å². The third-order valence-electron chi connectivity index (χ3n) is 3.41. The van der Waals surface area contributed by atoms with Gasteiger partial charge in [-0.25, -0.2) is 4.79 Å². The van der Waals surface area contributed by atoms with E-state index in [1.807, 2.05) is 19.1 Å². The summed E-state index contributed by atoms with van der Waals surface area (Å²) in [5.74, 6) is -1.59. The fourth-order valence-electron chi connectivity index (χ4n) is 2.33. The van der Waals surface area contributed by atoms with Gasteiger partial charge in [-0.05, 0) is 35.0 Å². The SMILES string of the molecule is CCN(C(=O)NCc1ccc(Br)s1)C1COCC1C(=O)O. The Morgan fingerprint density at radius 3 is 2.86 bits per heavy atom. The molecule has 1 aliphatic rings. The van der Waals surface area contributed by atoms with Crippen LogP contribution in [0.25, 0.3) is 0 Å². The van der Waals surface area contributed by atoms with E-state index in [9.17, 15) is 14.7 Å². The van der Waals surface area contributed by atoms with Crippen LogP contribution < -0.4 is 5.32 Å². The fraction of sp³-hybridized carbons (Fsp3) is 0.538. The molecular formula is C13H17BrN2O4S. The van der Waals surface area contributed by atoms with E-state index in [-0.39, 0.29) is 19.2 Å². The molecule has 2 amide bonds. The molecule has 8 heteroatoms. The molecule has 0 bridgehead atoms. The average molecular weight is 377 g/mol. The number of thiophene rings is 1. The van der Waals surface area contributed by atoms with Crippen LogP contribution in [0, 0.1) is 5.92 Å². The molecule has 0 saturated carbocycles. The molecule has 1 aromatic rings. The number of urea groups is 1. The van der Waals surface area contributed by atoms with E-state index in [1.54, 1.807) is 11.3 Å². The topological polar surface area (TPSA) is 78.9 Å². The van der Waals surface area contributed by atoms with Gasteiger partial charge in [0, 0.05) is 11.4 Å². The molecule has 0 aliphatic carbocycles. The smallest absolute Gasteiger partial charge is 0.318 e. The molecule has 2 atom stereocenters. The number of hydrogen-bond acceptors (Lipinski definition) is 4. The summed E-state index contributed by atoms with van der Waals surface area (Å²) in [5, 5.41) is 12.0. The van der Waals surface area contributed by atoms with Gasteiger partial charge in [-0.2, -0.15) is 0 Å². The van der Waals surface area contributed by atoms with Gasteiger partial charge in [0.25, 0.3) is 0 Å². The number of amides is 2. The Hall–Kier alpha value is -1.12. The number of ether oxygens (including phenoxy) is 1. The van der Waals surface area contributed by atoms with Crippen LogP contribution in [0.4, 0.5) is 4.79 Å². The first-order valence-electron chi connectivity index (χ1n) is 6.62. The average Bonchev–Trinajstić information content (AvgIpc) is 3.06. The van der Waals surface area contributed by atoms with Crippen molar-refractivity contribution in [2.45, 2.75) is 19.5 Å². The summed E-state index contributed by atoms with van der Waals surface area (Å²) >= 11 is 4.92. The maximum Gasteiger partial charge on any atom is 0.318 e. The molecule has 1 saturated heterocycles. The van der Waals surface area contributed by atoms with Crippen molar-refractivity contribution in [3.05, 3.63) is 20.8 Å². The Morgan fingerprint density at radius 1 is 1.52 bits per heavy atom. The molecule has 0 radical (unpaired) electrons. The fourth-order valence-corrected chi connectivity index (χ4v) is 3.75. The normalized spacial score (nSPS) is 21.2. The van der Waals surface area contributed by atoms with Crippen molar-refractivity contribution < 1.29 is 19.4 Å². The number of rotatable bonds is 5. The molecule has 21 heavy (non-hydrogen) atoms. The second-order valence-corrected chi connectivity index (χ2v) is 7.25. The zero-order chi connectivity index (χ0) is 15.4. The molecule has 1 aromatic heterocycles. The van der Waals surface area contributed by atoms with Crippen LogP contribution in [-0.2, 0) is 16.1 Å². The molecule has 2 unspecified atom stereocenters. The summed E-state index contributed by atoms with van der Waals surface area (Å²) in [6.45, 7) is 3.12. The van der Waals surface area contributed by atoms with Crippen LogP contribution in [0.3, 0.4) is 0 Å². The highest BCUT2D eigenvalue weighted by molar-refractivity contribution is 9.11. The predicted octanol–water partition coefficient (Wildman–Crippen LogP) is 2.14. The summed E-state index contributed by atoms with van der Waals surface area (Å²) in [4.78, 5) is 26.0. The molecule has 1 aliphatic heterocycles. The van der Waals surface area contributed by atoms with E-state index in [2.05, 4.69) is 21.2 Å². The van der Waals surface area contributed by atoms with Crippen molar-refractivity contribution >= 4 is 39.3 Å². The lowest BCUT2D eigenvalue weighted by Gasteiger charge is -2.29. The highest BCUT2D eigenvalue weighted by atomic mass is 79.9. The van der Waals surface area contributed by atoms with Crippen molar-refractivity contribution in [3.63, 3.8) is 0 Å². The first-order valence-corrected chi connectivity index (χ1v) is 8.23. The highest BCUT2D eigenvalue weighted by Crippen LogP contribution is 2.23. The van der Waals surface area contributed by atoms with Crippen LogP contribution in [0.5, 0.6) is 0 Å². The molecule has 2 N–H and O–H groups in total. The van der Waals surface area contributed by atoms with E-state index in [0.29, 0.717) is 13.1 Å². The van der Waals surface area contributed by atoms with E-state index in [4.69, 9.17) is 4.74 Å². The number of likely N-dealkylation sites (N-methyl/N-ethyl adjacent to an activating group) is 1. The number of carboxylic acid groups (broad SMARTS) is 1. The van der Waals surface area contributed by atoms with Gasteiger partial charge in [-0.3, -0.25) is 4.79 Å². The van der Waals surface area contributed by atoms with Crippen LogP contribution in [0.1, 0.15) is 11.8 Å². The van der Waals surface area contributed by atoms with E-state index in [1.165, 1.54) is 4.90 Å². The van der Waals surface area contributed by atoms with E-state index >= 15 is 0 Å². The summed E-state index contributed by atoms with van der Waals surface area (Å²) in [7, 11) is 0. The predicted molar refractivity (Wildman–Crippen MR) is 82.4 cm³/mol. The van der Waals surface area contributed by atoms with Gasteiger partial charge < -0.3 is 20.1 Å². The number of carbonyl (C=O) groups is 2. The monoisotopic (exact) mass is 376 g/mol. The van der Waals surface area contributed by atoms with Crippen molar-refractivity contribution in [2.75, 3.05) is 19.8 Å². The van der Waals surface area contributed by atoms with Crippen molar-refractivity contribution in [2.24, 2.45) is 5.92 Å². The number of nitrogens with zero attached hydrogens (tertiary/aromatic N) is 1. The highest BCUT2D eigenvalue weighted by Gasteiger charge is 2.39. The molecule has 116 valence electrons. The quantitative estimate of drug-likeness (QED) is 0.824. The maximum atomic E-state index is 12.3. The molecule has 2 rings (SSSR count). The third-order valence-corrected chi connectivity index (χ3v) is 5.04. The first kappa shape index (κ1) is 16.3. The molecule has 0 aromatic carbocycles. The lowest BCUT2D eigenvalue weighted by molar-refractivity contribution is -0.142. The van der Waals surface area contributed by atoms with Gasteiger partial charge in [-0.15, -0.1) is 11.3 Å². The number of carboxylic acids is 1. The summed E-state index contributed by atoms with van der Waals surface area (Å²) in [5.41, 5.74) is 0. The molecular weight excluding hydrogens is 360 g/mol. The Morgan fingerprint density at radius 2 is 2.29 bits per heavy atom. The maximum absolute atomic E-state index is 12.3. The Labute approximate surface area is 135 Å². The number of aliphatic carboxylic acids is 1. The van der Waals surface area contributed by atoms with Gasteiger partial charge in [-0.1, -0.05) is 0 Å². The van der Waals surface area contributed by atoms with Gasteiger partial charge in [0.1, 0.15) is 5.92 Å². The van der Waals surface area contributed by atoms with Gasteiger partial charge in [0.05, 0.1) is 29.6 Å². The van der Waals surface area contributed by atoms with Gasteiger partial charge >= 0.3 is 12.0 Å². The summed E-state index contributed by atoms with van der Waals surface area (Å²) in [6, 6.07) is 3.19. The minimum atomic E-state index is -0.925. The largest absolute Gasteiger partial charge is 0.481 e. The van der Waals surface area contributed by atoms with Crippen LogP contribution in [-0.4, -0.2) is 47.8 Å². The number of hydrogen-bond donors (Lipinski definition) is 2. The third kappa shape index (κ3) is 3.96. The number of carbonyl (C=O) groups excluding carboxylic acids is 1. The Bertz CT molecular complexity index is 522. The molecule has 0 spiro atoms. The molecule has 2 heterocycles. The number of nitrogens with one attached hydrogen (secondary N) is 1. The Kier molecular flexibility index (Phi) is 5.60. The first-order chi connectivity index (χ1) is 10.0. The lowest BCUT2D eigenvalue weighted by atomic mass is 10.0. The molecule has 6 nitrogen and oxygen atoms in total. The van der Waals surface area contributed by atoms with Crippen molar-refractivity contribution in [3.8, 4) is 0 Å². The lowest BCUT2D eigenvalue weighted by Crippen LogP contribution is -2.50. The van der Waals surface area contributed by atoms with E-state index < -0.39 is 17.9 Å². The van der Waals surface area contributed by atoms with Crippen molar-refractivity contribution in [1.82, 2.24) is 10.2 Å². The van der Waals surface area contributed by atoms with Gasteiger partial charge in [0.15, 0.2) is 0 Å². The summed E-state index contributed by atoms with van der Waals surface area (Å²) in [6.07, 6.45) is 0. The van der Waals surface area contributed by atoms with Crippen molar-refractivity contribution in [1.29, 1.82) is 0 Å².